The summed E-state index contributed by atoms with van der Waals surface area (Å²) in [6, 6.07) is 9.81. The molecule has 0 saturated carbocycles. The molecule has 0 radical (unpaired) electrons. The first-order valence-corrected chi connectivity index (χ1v) is 9.00. The second-order valence-electron chi connectivity index (χ2n) is 6.48. The molecule has 2 aromatic rings. The monoisotopic (exact) mass is 442 g/mol. The first-order valence-electron chi connectivity index (χ1n) is 7.45. The van der Waals surface area contributed by atoms with E-state index < -0.39 is 11.8 Å². The Morgan fingerprint density at radius 2 is 1.60 bits per heavy atom. The van der Waals surface area contributed by atoms with Gasteiger partial charge in [0.25, 0.3) is 11.8 Å². The van der Waals surface area contributed by atoms with Crippen LogP contribution in [0.4, 0.5) is 0 Å². The first-order chi connectivity index (χ1) is 11.6. The molecule has 0 aliphatic carbocycles. The summed E-state index contributed by atoms with van der Waals surface area (Å²) < 4.78 is 0.833. The Morgan fingerprint density at radius 3 is 2.16 bits per heavy atom. The summed E-state index contributed by atoms with van der Waals surface area (Å²) in [5.41, 5.74) is 6.39. The van der Waals surface area contributed by atoms with E-state index in [0.717, 1.165) is 10.0 Å². The predicted octanol–water partition coefficient (Wildman–Crippen LogP) is 5.13. The van der Waals surface area contributed by atoms with Crippen molar-refractivity contribution in [3.63, 3.8) is 0 Å². The third-order valence-corrected chi connectivity index (χ3v) is 4.71. The molecule has 4 nitrogen and oxygen atoms in total. The van der Waals surface area contributed by atoms with Crippen molar-refractivity contribution in [3.8, 4) is 0 Å². The Hall–Kier alpha value is -1.56. The summed E-state index contributed by atoms with van der Waals surface area (Å²) in [6.07, 6.45) is 0. The lowest BCUT2D eigenvalue weighted by Crippen LogP contribution is -2.41. The topological polar surface area (TPSA) is 58.2 Å². The van der Waals surface area contributed by atoms with Gasteiger partial charge in [-0.25, -0.2) is 0 Å². The first kappa shape index (κ1) is 19.8. The zero-order chi connectivity index (χ0) is 18.8. The van der Waals surface area contributed by atoms with Gasteiger partial charge >= 0.3 is 0 Å². The molecule has 0 atom stereocenters. The van der Waals surface area contributed by atoms with Crippen molar-refractivity contribution in [2.24, 2.45) is 0 Å². The Morgan fingerprint density at radius 1 is 0.960 bits per heavy atom. The Balaban J connectivity index is 2.07. The number of hydrazine groups is 1. The van der Waals surface area contributed by atoms with Crippen LogP contribution >= 0.6 is 39.1 Å². The van der Waals surface area contributed by atoms with Gasteiger partial charge in [-0.2, -0.15) is 0 Å². The van der Waals surface area contributed by atoms with Crippen molar-refractivity contribution < 1.29 is 9.59 Å². The van der Waals surface area contributed by atoms with Crippen molar-refractivity contribution in [2.45, 2.75) is 26.2 Å². The number of hydrogen-bond donors (Lipinski definition) is 2. The van der Waals surface area contributed by atoms with Crippen LogP contribution in [0.15, 0.2) is 40.9 Å². The Kier molecular flexibility index (Phi) is 6.14. The van der Waals surface area contributed by atoms with Gasteiger partial charge in [-0.1, -0.05) is 66.0 Å². The summed E-state index contributed by atoms with van der Waals surface area (Å²) in [5, 5.41) is 0.630. The minimum atomic E-state index is -0.527. The summed E-state index contributed by atoms with van der Waals surface area (Å²) >= 11 is 15.3. The maximum absolute atomic E-state index is 12.2. The Bertz CT molecular complexity index is 832. The van der Waals surface area contributed by atoms with E-state index in [1.807, 2.05) is 6.07 Å². The lowest BCUT2D eigenvalue weighted by molar-refractivity contribution is 0.0846. The average Bonchev–Trinajstić information content (AvgIpc) is 2.50. The number of carbonyl (C=O) groups excluding carboxylic acids is 2. The highest BCUT2D eigenvalue weighted by Crippen LogP contribution is 2.30. The molecule has 2 N–H and O–H groups in total. The molecule has 0 bridgehead atoms. The number of hydrogen-bond acceptors (Lipinski definition) is 2. The van der Waals surface area contributed by atoms with Crippen molar-refractivity contribution in [1.29, 1.82) is 0 Å². The zero-order valence-corrected chi connectivity index (χ0v) is 17.0. The van der Waals surface area contributed by atoms with E-state index >= 15 is 0 Å². The van der Waals surface area contributed by atoms with Gasteiger partial charge in [-0.15, -0.1) is 0 Å². The standard InChI is InChI=1S/C18H17BrCl2N2O2/c1-18(2,3)13-7-4-10(8-14(13)19)16(24)22-23-17(25)12-6-5-11(20)9-15(12)21/h4-9H,1-3H3,(H,22,24)(H,23,25). The highest BCUT2D eigenvalue weighted by Gasteiger charge is 2.19. The number of benzene rings is 2. The van der Waals surface area contributed by atoms with Crippen LogP contribution in [0.25, 0.3) is 0 Å². The average molecular weight is 444 g/mol. The van der Waals surface area contributed by atoms with Crippen LogP contribution in [0, 0.1) is 0 Å². The number of nitrogens with one attached hydrogen (secondary N) is 2. The fourth-order valence-corrected chi connectivity index (χ4v) is 3.66. The minimum absolute atomic E-state index is 0.0482. The van der Waals surface area contributed by atoms with Crippen LogP contribution < -0.4 is 10.9 Å². The minimum Gasteiger partial charge on any atom is -0.267 e. The molecule has 132 valence electrons. The molecule has 0 spiro atoms. The maximum atomic E-state index is 12.2. The van der Waals surface area contributed by atoms with E-state index in [9.17, 15) is 9.59 Å². The smallest absolute Gasteiger partial charge is 0.267 e. The van der Waals surface area contributed by atoms with E-state index in [-0.39, 0.29) is 16.0 Å². The van der Waals surface area contributed by atoms with Crippen molar-refractivity contribution in [2.75, 3.05) is 0 Å². The van der Waals surface area contributed by atoms with Crippen LogP contribution in [-0.2, 0) is 5.41 Å². The molecular weight excluding hydrogens is 427 g/mol. The van der Waals surface area contributed by atoms with Crippen LogP contribution in [-0.4, -0.2) is 11.8 Å². The van der Waals surface area contributed by atoms with Gasteiger partial charge < -0.3 is 0 Å². The summed E-state index contributed by atoms with van der Waals surface area (Å²) in [4.78, 5) is 24.3. The molecule has 0 saturated heterocycles. The number of halogens is 3. The van der Waals surface area contributed by atoms with Gasteiger partial charge in [0.1, 0.15) is 0 Å². The molecule has 7 heteroatoms. The third-order valence-electron chi connectivity index (χ3n) is 3.50. The highest BCUT2D eigenvalue weighted by atomic mass is 79.9. The lowest BCUT2D eigenvalue weighted by Gasteiger charge is -2.21. The van der Waals surface area contributed by atoms with Crippen LogP contribution in [0.2, 0.25) is 10.0 Å². The summed E-state index contributed by atoms with van der Waals surface area (Å²) in [6.45, 7) is 6.26. The predicted molar refractivity (Wildman–Crippen MR) is 104 cm³/mol. The van der Waals surface area contributed by atoms with Crippen molar-refractivity contribution in [3.05, 3.63) is 67.6 Å². The van der Waals surface area contributed by atoms with Gasteiger partial charge in [-0.3, -0.25) is 20.4 Å². The molecule has 0 heterocycles. The normalized spacial score (nSPS) is 11.1. The van der Waals surface area contributed by atoms with Gasteiger partial charge in [0.2, 0.25) is 0 Å². The van der Waals surface area contributed by atoms with E-state index in [2.05, 4.69) is 47.6 Å². The van der Waals surface area contributed by atoms with E-state index in [1.165, 1.54) is 12.1 Å². The van der Waals surface area contributed by atoms with E-state index in [4.69, 9.17) is 23.2 Å². The zero-order valence-electron chi connectivity index (χ0n) is 13.9. The molecular formula is C18H17BrCl2N2O2. The van der Waals surface area contributed by atoms with Crippen molar-refractivity contribution >= 4 is 50.9 Å². The second kappa shape index (κ2) is 7.77. The second-order valence-corrected chi connectivity index (χ2v) is 8.18. The van der Waals surface area contributed by atoms with Crippen molar-refractivity contribution in [1.82, 2.24) is 10.9 Å². The fraction of sp³-hybridized carbons (Fsp3) is 0.222. The quantitative estimate of drug-likeness (QED) is 0.632. The fourth-order valence-electron chi connectivity index (χ4n) is 2.19. The molecule has 0 aliphatic heterocycles. The van der Waals surface area contributed by atoms with E-state index in [1.54, 1.807) is 18.2 Å². The molecule has 2 aromatic carbocycles. The van der Waals surface area contributed by atoms with Gasteiger partial charge in [0, 0.05) is 15.1 Å². The molecule has 2 amide bonds. The maximum Gasteiger partial charge on any atom is 0.271 e. The van der Waals surface area contributed by atoms with Gasteiger partial charge in [0.15, 0.2) is 0 Å². The molecule has 0 unspecified atom stereocenters. The number of amides is 2. The van der Waals surface area contributed by atoms with Gasteiger partial charge in [-0.05, 0) is 41.3 Å². The summed E-state index contributed by atoms with van der Waals surface area (Å²) in [7, 11) is 0. The molecule has 0 aliphatic rings. The molecule has 25 heavy (non-hydrogen) atoms. The van der Waals surface area contributed by atoms with Crippen LogP contribution in [0.3, 0.4) is 0 Å². The SMILES string of the molecule is CC(C)(C)c1ccc(C(=O)NNC(=O)c2ccc(Cl)cc2Cl)cc1Br. The molecule has 0 aromatic heterocycles. The largest absolute Gasteiger partial charge is 0.271 e. The lowest BCUT2D eigenvalue weighted by atomic mass is 9.86. The number of carbonyl (C=O) groups is 2. The number of rotatable bonds is 2. The van der Waals surface area contributed by atoms with Crippen LogP contribution in [0.1, 0.15) is 47.1 Å². The summed E-state index contributed by atoms with van der Waals surface area (Å²) in [5.74, 6) is -0.958. The van der Waals surface area contributed by atoms with Crippen LogP contribution in [0.5, 0.6) is 0 Å². The third kappa shape index (κ3) is 4.97. The van der Waals surface area contributed by atoms with Gasteiger partial charge in [0.05, 0.1) is 10.6 Å². The molecule has 2 rings (SSSR count). The molecule has 0 fully saturated rings. The Labute approximate surface area is 165 Å². The highest BCUT2D eigenvalue weighted by molar-refractivity contribution is 9.10. The van der Waals surface area contributed by atoms with E-state index in [0.29, 0.717) is 10.6 Å².